The van der Waals surface area contributed by atoms with Crippen LogP contribution < -0.4 is 4.74 Å². The molecule has 2 heterocycles. The number of benzene rings is 3. The minimum absolute atomic E-state index is 0.0854. The van der Waals surface area contributed by atoms with Crippen molar-refractivity contribution < 1.29 is 14.3 Å². The monoisotopic (exact) mass is 434 g/mol. The molecule has 148 valence electrons. The zero-order chi connectivity index (χ0) is 20.7. The van der Waals surface area contributed by atoms with Crippen LogP contribution in [0.2, 0.25) is 5.02 Å². The molecule has 2 amide bonds. The van der Waals surface area contributed by atoms with Gasteiger partial charge in [-0.15, -0.1) is 11.3 Å². The van der Waals surface area contributed by atoms with Crippen LogP contribution >= 0.6 is 22.9 Å². The van der Waals surface area contributed by atoms with E-state index in [4.69, 9.17) is 16.3 Å². The predicted octanol–water partition coefficient (Wildman–Crippen LogP) is 5.32. The summed E-state index contributed by atoms with van der Waals surface area (Å²) in [6.45, 7) is 0.373. The number of hydrogen-bond donors (Lipinski definition) is 0. The van der Waals surface area contributed by atoms with Crippen LogP contribution in [0.15, 0.2) is 66.7 Å². The third kappa shape index (κ3) is 3.34. The van der Waals surface area contributed by atoms with Crippen LogP contribution in [0.4, 0.5) is 0 Å². The van der Waals surface area contributed by atoms with Gasteiger partial charge in [0.1, 0.15) is 17.4 Å². The lowest BCUT2D eigenvalue weighted by Gasteiger charge is -2.17. The Labute approximate surface area is 181 Å². The van der Waals surface area contributed by atoms with Crippen molar-refractivity contribution in [3.05, 3.63) is 93.5 Å². The largest absolute Gasteiger partial charge is 0.486 e. The fourth-order valence-electron chi connectivity index (χ4n) is 3.49. The average Bonchev–Trinajstić information content (AvgIpc) is 3.28. The van der Waals surface area contributed by atoms with Crippen LogP contribution in [-0.2, 0) is 13.2 Å². The van der Waals surface area contributed by atoms with E-state index < -0.39 is 0 Å². The van der Waals surface area contributed by atoms with Gasteiger partial charge < -0.3 is 4.74 Å². The van der Waals surface area contributed by atoms with Crippen molar-refractivity contribution in [1.29, 1.82) is 0 Å². The normalized spacial score (nSPS) is 13.2. The molecule has 0 saturated heterocycles. The summed E-state index contributed by atoms with van der Waals surface area (Å²) < 4.78 is 7.10. The molecule has 0 fully saturated rings. The Morgan fingerprint density at radius 2 is 1.63 bits per heavy atom. The Morgan fingerprint density at radius 1 is 0.933 bits per heavy atom. The number of ether oxygens (including phenoxy) is 1. The van der Waals surface area contributed by atoms with E-state index in [0.29, 0.717) is 27.5 Å². The van der Waals surface area contributed by atoms with E-state index >= 15 is 0 Å². The van der Waals surface area contributed by atoms with Crippen LogP contribution in [0, 0.1) is 0 Å². The van der Waals surface area contributed by atoms with Crippen molar-refractivity contribution in [2.45, 2.75) is 13.2 Å². The zero-order valence-corrected chi connectivity index (χ0v) is 17.2. The number of hydrogen-bond acceptors (Lipinski definition) is 5. The van der Waals surface area contributed by atoms with E-state index in [1.54, 1.807) is 53.8 Å². The molecule has 0 N–H and O–H groups in total. The highest BCUT2D eigenvalue weighted by Crippen LogP contribution is 2.30. The quantitative estimate of drug-likeness (QED) is 0.398. The third-order valence-corrected chi connectivity index (χ3v) is 6.16. The molecule has 0 bridgehead atoms. The second kappa shape index (κ2) is 7.55. The molecule has 30 heavy (non-hydrogen) atoms. The molecule has 0 unspecified atom stereocenters. The van der Waals surface area contributed by atoms with E-state index in [0.717, 1.165) is 15.2 Å². The second-order valence-corrected chi connectivity index (χ2v) is 8.41. The molecule has 0 spiro atoms. The van der Waals surface area contributed by atoms with Crippen molar-refractivity contribution in [2.75, 3.05) is 0 Å². The molecule has 7 heteroatoms. The molecule has 5 rings (SSSR count). The van der Waals surface area contributed by atoms with Gasteiger partial charge in [0.25, 0.3) is 11.8 Å². The number of carbonyl (C=O) groups excluding carboxylic acids is 2. The van der Waals surface area contributed by atoms with Crippen LogP contribution in [0.3, 0.4) is 0 Å². The lowest BCUT2D eigenvalue weighted by atomic mass is 10.1. The lowest BCUT2D eigenvalue weighted by molar-refractivity contribution is 0.0641. The molecule has 3 aromatic carbocycles. The van der Waals surface area contributed by atoms with E-state index in [1.807, 2.05) is 24.3 Å². The Bertz CT molecular complexity index is 1230. The highest BCUT2D eigenvalue weighted by atomic mass is 35.5. The standard InChI is InChI=1S/C23H15ClN2O3S/c24-15-9-10-19(29-13-21-25-18-7-3-4-8-20(18)30-21)14(11-15)12-26-22(27)16-5-1-2-6-17(16)23(26)28/h1-11H,12-13H2. The summed E-state index contributed by atoms with van der Waals surface area (Å²) in [7, 11) is 0. The summed E-state index contributed by atoms with van der Waals surface area (Å²) in [5.41, 5.74) is 2.43. The van der Waals surface area contributed by atoms with Crippen molar-refractivity contribution in [3.63, 3.8) is 0 Å². The minimum atomic E-state index is -0.312. The lowest BCUT2D eigenvalue weighted by Crippen LogP contribution is -2.29. The van der Waals surface area contributed by atoms with Gasteiger partial charge in [0.15, 0.2) is 0 Å². The van der Waals surface area contributed by atoms with Gasteiger partial charge in [-0.3, -0.25) is 14.5 Å². The first-order chi connectivity index (χ1) is 14.6. The molecular formula is C23H15ClN2O3S. The maximum atomic E-state index is 12.7. The van der Waals surface area contributed by atoms with Gasteiger partial charge >= 0.3 is 0 Å². The van der Waals surface area contributed by atoms with Gasteiger partial charge in [0.05, 0.1) is 27.9 Å². The fraction of sp³-hybridized carbons (Fsp3) is 0.0870. The van der Waals surface area contributed by atoms with E-state index in [-0.39, 0.29) is 25.0 Å². The summed E-state index contributed by atoms with van der Waals surface area (Å²) in [5, 5.41) is 1.35. The number of thiazole rings is 1. The number of fused-ring (bicyclic) bond motifs is 2. The summed E-state index contributed by atoms with van der Waals surface area (Å²) in [5.74, 6) is -0.0596. The number of carbonyl (C=O) groups is 2. The molecule has 0 atom stereocenters. The number of nitrogens with zero attached hydrogens (tertiary/aromatic N) is 2. The maximum absolute atomic E-state index is 12.7. The Balaban J connectivity index is 1.39. The Kier molecular flexibility index (Phi) is 4.73. The Morgan fingerprint density at radius 3 is 2.37 bits per heavy atom. The molecule has 1 aliphatic rings. The Hall–Kier alpha value is -3.22. The fourth-order valence-corrected chi connectivity index (χ4v) is 4.56. The molecule has 1 aliphatic heterocycles. The van der Waals surface area contributed by atoms with Gasteiger partial charge in [0.2, 0.25) is 0 Å². The number of amides is 2. The van der Waals surface area contributed by atoms with Crippen molar-refractivity contribution >= 4 is 45.0 Å². The molecule has 0 radical (unpaired) electrons. The number of halogens is 1. The summed E-state index contributed by atoms with van der Waals surface area (Å²) in [6, 6.07) is 19.9. The highest BCUT2D eigenvalue weighted by molar-refractivity contribution is 7.18. The topological polar surface area (TPSA) is 59.5 Å². The predicted molar refractivity (Wildman–Crippen MR) is 116 cm³/mol. The number of para-hydroxylation sites is 1. The smallest absolute Gasteiger partial charge is 0.261 e. The van der Waals surface area contributed by atoms with Crippen molar-refractivity contribution in [1.82, 2.24) is 9.88 Å². The van der Waals surface area contributed by atoms with Crippen LogP contribution in [0.5, 0.6) is 5.75 Å². The van der Waals surface area contributed by atoms with Gasteiger partial charge in [-0.1, -0.05) is 35.9 Å². The third-order valence-electron chi connectivity index (χ3n) is 4.92. The zero-order valence-electron chi connectivity index (χ0n) is 15.7. The van der Waals surface area contributed by atoms with Crippen LogP contribution in [-0.4, -0.2) is 21.7 Å². The summed E-state index contributed by atoms with van der Waals surface area (Å²) in [4.78, 5) is 31.2. The van der Waals surface area contributed by atoms with E-state index in [1.165, 1.54) is 4.90 Å². The first kappa shape index (κ1) is 18.8. The van der Waals surface area contributed by atoms with Gasteiger partial charge in [0, 0.05) is 10.6 Å². The number of aromatic nitrogens is 1. The molecule has 0 saturated carbocycles. The molecule has 4 aromatic rings. The summed E-state index contributed by atoms with van der Waals surface area (Å²) >= 11 is 7.75. The summed E-state index contributed by atoms with van der Waals surface area (Å²) in [6.07, 6.45) is 0. The molecular weight excluding hydrogens is 420 g/mol. The average molecular weight is 435 g/mol. The first-order valence-electron chi connectivity index (χ1n) is 9.31. The number of rotatable bonds is 5. The SMILES string of the molecule is O=C1c2ccccc2C(=O)N1Cc1cc(Cl)ccc1OCc1nc2ccccc2s1. The van der Waals surface area contributed by atoms with Gasteiger partial charge in [-0.2, -0.15) is 0 Å². The van der Waals surface area contributed by atoms with Gasteiger partial charge in [-0.05, 0) is 42.5 Å². The maximum Gasteiger partial charge on any atom is 0.261 e. The number of imide groups is 1. The molecule has 0 aliphatic carbocycles. The van der Waals surface area contributed by atoms with E-state index in [2.05, 4.69) is 4.98 Å². The molecule has 5 nitrogen and oxygen atoms in total. The minimum Gasteiger partial charge on any atom is -0.486 e. The first-order valence-corrected chi connectivity index (χ1v) is 10.5. The second-order valence-electron chi connectivity index (χ2n) is 6.86. The van der Waals surface area contributed by atoms with Crippen LogP contribution in [0.1, 0.15) is 31.3 Å². The van der Waals surface area contributed by atoms with E-state index in [9.17, 15) is 9.59 Å². The van der Waals surface area contributed by atoms with Gasteiger partial charge in [-0.25, -0.2) is 4.98 Å². The van der Waals surface area contributed by atoms with Crippen molar-refractivity contribution in [2.24, 2.45) is 0 Å². The highest BCUT2D eigenvalue weighted by Gasteiger charge is 2.35. The van der Waals surface area contributed by atoms with Crippen LogP contribution in [0.25, 0.3) is 10.2 Å². The molecule has 1 aromatic heterocycles. The van der Waals surface area contributed by atoms with Crippen molar-refractivity contribution in [3.8, 4) is 5.75 Å².